The molecule has 6 heteroatoms. The lowest BCUT2D eigenvalue weighted by molar-refractivity contribution is 0.442. The van der Waals surface area contributed by atoms with Gasteiger partial charge < -0.3 is 0 Å². The molecule has 4 nitrogen and oxygen atoms in total. The van der Waals surface area contributed by atoms with Gasteiger partial charge >= 0.3 is 0 Å². The highest BCUT2D eigenvalue weighted by atomic mass is 32.2. The molecule has 0 aliphatic heterocycles. The molecule has 2 aromatic carbocycles. The lowest BCUT2D eigenvalue weighted by Gasteiger charge is -2.18. The summed E-state index contributed by atoms with van der Waals surface area (Å²) in [6.07, 6.45) is 7.35. The molecule has 1 fully saturated rings. The Morgan fingerprint density at radius 2 is 1.75 bits per heavy atom. The number of fused-ring (bicyclic) bond motifs is 1. The van der Waals surface area contributed by atoms with Gasteiger partial charge in [-0.05, 0) is 37.0 Å². The lowest BCUT2D eigenvalue weighted by atomic mass is 9.90. The number of para-hydroxylation sites is 1. The van der Waals surface area contributed by atoms with Crippen molar-refractivity contribution < 1.29 is 0 Å². The predicted octanol–water partition coefficient (Wildman–Crippen LogP) is 6.44. The normalized spacial score (nSPS) is 14.8. The zero-order valence-corrected chi connectivity index (χ0v) is 19.7. The highest BCUT2D eigenvalue weighted by Crippen LogP contribution is 2.35. The first-order chi connectivity index (χ1) is 15.8. The van der Waals surface area contributed by atoms with Gasteiger partial charge in [-0.25, -0.2) is 9.97 Å². The maximum Gasteiger partial charge on any atom is 0.262 e. The average molecular weight is 462 g/mol. The van der Waals surface area contributed by atoms with E-state index in [1.165, 1.54) is 42.7 Å². The maximum absolute atomic E-state index is 13.3. The van der Waals surface area contributed by atoms with E-state index in [0.29, 0.717) is 17.8 Å². The molecule has 0 saturated heterocycles. The first-order valence-electron chi connectivity index (χ1n) is 11.4. The highest BCUT2D eigenvalue weighted by Gasteiger charge is 2.19. The van der Waals surface area contributed by atoms with Crippen molar-refractivity contribution in [2.45, 2.75) is 61.9 Å². The number of hydrogen-bond acceptors (Lipinski definition) is 5. The van der Waals surface area contributed by atoms with E-state index in [4.69, 9.17) is 9.97 Å². The molecule has 0 unspecified atom stereocenters. The number of aromatic nitrogens is 3. The van der Waals surface area contributed by atoms with E-state index < -0.39 is 0 Å². The monoisotopic (exact) mass is 461 g/mol. The van der Waals surface area contributed by atoms with E-state index in [1.807, 2.05) is 47.0 Å². The molecule has 2 heterocycles. The van der Waals surface area contributed by atoms with E-state index in [0.717, 1.165) is 28.5 Å². The molecule has 164 valence electrons. The summed E-state index contributed by atoms with van der Waals surface area (Å²) in [5, 5.41) is 4.92. The standard InChI is InChI=1S/C26H27N3OS2/c30-25-22-13-7-8-14-23(22)28-26(29(25)16-15-19-9-3-1-4-10-19)32-18-21-17-31-24(27-21)20-11-5-2-6-12-20/h1,3-4,7-10,13-14,17,20H,2,5-6,11-12,15-16,18H2. The van der Waals surface area contributed by atoms with Crippen LogP contribution in [0.4, 0.5) is 0 Å². The van der Waals surface area contributed by atoms with Crippen LogP contribution in [0.1, 0.15) is 54.3 Å². The first-order valence-corrected chi connectivity index (χ1v) is 13.2. The Morgan fingerprint density at radius 3 is 2.59 bits per heavy atom. The van der Waals surface area contributed by atoms with Gasteiger partial charge in [0.1, 0.15) is 0 Å². The molecule has 5 rings (SSSR count). The van der Waals surface area contributed by atoms with Crippen molar-refractivity contribution in [1.29, 1.82) is 0 Å². The van der Waals surface area contributed by atoms with Crippen molar-refractivity contribution in [2.24, 2.45) is 0 Å². The summed E-state index contributed by atoms with van der Waals surface area (Å²) in [7, 11) is 0. The number of hydrogen-bond donors (Lipinski definition) is 0. The van der Waals surface area contributed by atoms with Crippen LogP contribution in [0.3, 0.4) is 0 Å². The van der Waals surface area contributed by atoms with Crippen LogP contribution in [0.15, 0.2) is 69.9 Å². The minimum absolute atomic E-state index is 0.0372. The summed E-state index contributed by atoms with van der Waals surface area (Å²) >= 11 is 3.42. The van der Waals surface area contributed by atoms with Crippen molar-refractivity contribution in [1.82, 2.24) is 14.5 Å². The molecule has 0 radical (unpaired) electrons. The fourth-order valence-electron chi connectivity index (χ4n) is 4.41. The fourth-order valence-corrected chi connectivity index (χ4v) is 6.42. The third-order valence-electron chi connectivity index (χ3n) is 6.17. The zero-order valence-electron chi connectivity index (χ0n) is 18.1. The van der Waals surface area contributed by atoms with Crippen molar-refractivity contribution in [3.63, 3.8) is 0 Å². The van der Waals surface area contributed by atoms with Gasteiger partial charge in [-0.1, -0.05) is 73.5 Å². The van der Waals surface area contributed by atoms with E-state index >= 15 is 0 Å². The van der Waals surface area contributed by atoms with Crippen LogP contribution in [-0.2, 0) is 18.7 Å². The molecule has 0 N–H and O–H groups in total. The number of benzene rings is 2. The summed E-state index contributed by atoms with van der Waals surface area (Å²) in [5.41, 5.74) is 3.12. The van der Waals surface area contributed by atoms with Gasteiger partial charge in [0.05, 0.1) is 21.6 Å². The largest absolute Gasteiger partial charge is 0.287 e. The number of rotatable bonds is 7. The Balaban J connectivity index is 1.38. The van der Waals surface area contributed by atoms with Gasteiger partial charge in [0.2, 0.25) is 0 Å². The topological polar surface area (TPSA) is 47.8 Å². The van der Waals surface area contributed by atoms with Gasteiger partial charge in [-0.15, -0.1) is 11.3 Å². The van der Waals surface area contributed by atoms with Crippen molar-refractivity contribution in [3.05, 3.63) is 86.6 Å². The minimum Gasteiger partial charge on any atom is -0.287 e. The molecule has 4 aromatic rings. The molecule has 1 saturated carbocycles. The Hall–Kier alpha value is -2.44. The van der Waals surface area contributed by atoms with E-state index in [-0.39, 0.29) is 5.56 Å². The average Bonchev–Trinajstić information content (AvgIpc) is 3.33. The van der Waals surface area contributed by atoms with Gasteiger partial charge in [0.25, 0.3) is 5.56 Å². The van der Waals surface area contributed by atoms with E-state index in [2.05, 4.69) is 17.5 Å². The second-order valence-electron chi connectivity index (χ2n) is 8.40. The fraction of sp³-hybridized carbons (Fsp3) is 0.346. The third kappa shape index (κ3) is 4.81. The van der Waals surface area contributed by atoms with Gasteiger partial charge in [0.15, 0.2) is 5.16 Å². The Morgan fingerprint density at radius 1 is 0.969 bits per heavy atom. The lowest BCUT2D eigenvalue weighted by Crippen LogP contribution is -2.24. The van der Waals surface area contributed by atoms with Gasteiger partial charge in [-0.3, -0.25) is 9.36 Å². The molecule has 32 heavy (non-hydrogen) atoms. The summed E-state index contributed by atoms with van der Waals surface area (Å²) in [4.78, 5) is 23.1. The molecule has 0 amide bonds. The van der Waals surface area contributed by atoms with Crippen LogP contribution < -0.4 is 5.56 Å². The third-order valence-corrected chi connectivity index (χ3v) is 8.23. The molecule has 0 bridgehead atoms. The van der Waals surface area contributed by atoms with Crippen LogP contribution in [0, 0.1) is 0 Å². The molecule has 0 atom stereocenters. The zero-order chi connectivity index (χ0) is 21.8. The molecular formula is C26H27N3OS2. The van der Waals surface area contributed by atoms with Crippen LogP contribution in [0.2, 0.25) is 0 Å². The molecule has 1 aliphatic carbocycles. The second kappa shape index (κ2) is 10.0. The molecule has 0 spiro atoms. The first kappa shape index (κ1) is 21.4. The van der Waals surface area contributed by atoms with E-state index in [9.17, 15) is 4.79 Å². The number of aryl methyl sites for hydroxylation is 1. The smallest absolute Gasteiger partial charge is 0.262 e. The summed E-state index contributed by atoms with van der Waals surface area (Å²) < 4.78 is 1.84. The van der Waals surface area contributed by atoms with Crippen molar-refractivity contribution >= 4 is 34.0 Å². The van der Waals surface area contributed by atoms with Crippen LogP contribution in [0.5, 0.6) is 0 Å². The molecule has 2 aromatic heterocycles. The number of thioether (sulfide) groups is 1. The molecule has 1 aliphatic rings. The van der Waals surface area contributed by atoms with Crippen LogP contribution in [-0.4, -0.2) is 14.5 Å². The predicted molar refractivity (Wildman–Crippen MR) is 134 cm³/mol. The van der Waals surface area contributed by atoms with Gasteiger partial charge in [-0.2, -0.15) is 0 Å². The van der Waals surface area contributed by atoms with Crippen molar-refractivity contribution in [2.75, 3.05) is 0 Å². The second-order valence-corrected chi connectivity index (χ2v) is 10.2. The Labute approximate surface area is 196 Å². The van der Waals surface area contributed by atoms with E-state index in [1.54, 1.807) is 23.1 Å². The number of nitrogens with zero attached hydrogens (tertiary/aromatic N) is 3. The Kier molecular flexibility index (Phi) is 6.69. The summed E-state index contributed by atoms with van der Waals surface area (Å²) in [6.45, 7) is 0.618. The summed E-state index contributed by atoms with van der Waals surface area (Å²) in [6, 6.07) is 17.9. The van der Waals surface area contributed by atoms with Gasteiger partial charge in [0, 0.05) is 23.6 Å². The Bertz CT molecular complexity index is 1240. The number of thiazole rings is 1. The quantitative estimate of drug-likeness (QED) is 0.235. The SMILES string of the molecule is O=c1c2ccccc2nc(SCc2csc(C3CCCCC3)n2)n1CCc1ccccc1. The van der Waals surface area contributed by atoms with Crippen LogP contribution in [0.25, 0.3) is 10.9 Å². The maximum atomic E-state index is 13.3. The van der Waals surface area contributed by atoms with Crippen LogP contribution >= 0.6 is 23.1 Å². The molecular weight excluding hydrogens is 434 g/mol. The highest BCUT2D eigenvalue weighted by molar-refractivity contribution is 7.98. The summed E-state index contributed by atoms with van der Waals surface area (Å²) in [5.74, 6) is 1.37. The minimum atomic E-state index is 0.0372. The van der Waals surface area contributed by atoms with Crippen molar-refractivity contribution in [3.8, 4) is 0 Å².